The first-order valence-electron chi connectivity index (χ1n) is 7.35. The lowest BCUT2D eigenvalue weighted by Crippen LogP contribution is -2.45. The molecule has 6 heteroatoms. The van der Waals surface area contributed by atoms with Crippen molar-refractivity contribution in [1.29, 1.82) is 0 Å². The van der Waals surface area contributed by atoms with Gasteiger partial charge in [-0.2, -0.15) is 0 Å². The molecule has 1 aliphatic heterocycles. The minimum Gasteiger partial charge on any atom is -0.496 e. The third kappa shape index (κ3) is 4.18. The van der Waals surface area contributed by atoms with E-state index in [0.717, 1.165) is 48.9 Å². The van der Waals surface area contributed by atoms with Crippen LogP contribution in [0.4, 0.5) is 0 Å². The highest BCUT2D eigenvalue weighted by Gasteiger charge is 2.25. The van der Waals surface area contributed by atoms with Crippen LogP contribution < -0.4 is 19.9 Å². The quantitative estimate of drug-likeness (QED) is 0.897. The predicted molar refractivity (Wildman–Crippen MR) is 90.4 cm³/mol. The second-order valence-corrected chi connectivity index (χ2v) is 5.68. The van der Waals surface area contributed by atoms with Crippen LogP contribution in [0.2, 0.25) is 0 Å². The molecule has 2 atom stereocenters. The van der Waals surface area contributed by atoms with E-state index < -0.39 is 0 Å². The maximum Gasteiger partial charge on any atom is 0.130 e. The Hall–Kier alpha value is -1.17. The van der Waals surface area contributed by atoms with Crippen LogP contribution in [0.5, 0.6) is 17.2 Å². The number of nitrogens with zero attached hydrogens (tertiary/aromatic N) is 1. The normalized spacial score (nSPS) is 21.9. The van der Waals surface area contributed by atoms with E-state index >= 15 is 0 Å². The molecule has 0 spiro atoms. The van der Waals surface area contributed by atoms with Crippen LogP contribution in [-0.2, 0) is 6.54 Å². The molecule has 1 aliphatic rings. The first-order valence-corrected chi connectivity index (χ1v) is 7.35. The SMILES string of the molecule is COc1cc(OC)c(CN2CCC(N)C(C)C2)c(OC)c1.Cl. The second kappa shape index (κ2) is 8.46. The number of hydrogen-bond donors (Lipinski definition) is 1. The van der Waals surface area contributed by atoms with Gasteiger partial charge in [0.05, 0.1) is 26.9 Å². The van der Waals surface area contributed by atoms with Crippen molar-refractivity contribution in [1.82, 2.24) is 4.90 Å². The lowest BCUT2D eigenvalue weighted by Gasteiger charge is -2.35. The standard InChI is InChI=1S/C16H26N2O3.ClH/c1-11-9-18(6-5-14(11)17)10-13-15(20-3)7-12(19-2)8-16(13)21-4;/h7-8,11,14H,5-6,9-10,17H2,1-4H3;1H. The Bertz CT molecular complexity index is 459. The van der Waals surface area contributed by atoms with Gasteiger partial charge in [0, 0.05) is 31.3 Å². The molecule has 2 unspecified atom stereocenters. The summed E-state index contributed by atoms with van der Waals surface area (Å²) < 4.78 is 16.3. The number of halogens is 1. The monoisotopic (exact) mass is 330 g/mol. The van der Waals surface area contributed by atoms with Crippen molar-refractivity contribution < 1.29 is 14.2 Å². The largest absolute Gasteiger partial charge is 0.496 e. The van der Waals surface area contributed by atoms with E-state index in [9.17, 15) is 0 Å². The molecular formula is C16H27ClN2O3. The van der Waals surface area contributed by atoms with Gasteiger partial charge in [-0.25, -0.2) is 0 Å². The Morgan fingerprint density at radius 2 is 1.73 bits per heavy atom. The van der Waals surface area contributed by atoms with Gasteiger partial charge in [0.2, 0.25) is 0 Å². The first kappa shape index (κ1) is 18.9. The topological polar surface area (TPSA) is 57.0 Å². The van der Waals surface area contributed by atoms with Crippen LogP contribution in [0, 0.1) is 5.92 Å². The minimum atomic E-state index is 0. The van der Waals surface area contributed by atoms with E-state index in [1.807, 2.05) is 12.1 Å². The summed E-state index contributed by atoms with van der Waals surface area (Å²) in [6, 6.07) is 4.11. The molecule has 0 bridgehead atoms. The van der Waals surface area contributed by atoms with Crippen LogP contribution >= 0.6 is 12.4 Å². The zero-order valence-corrected chi connectivity index (χ0v) is 14.6. The Kier molecular flexibility index (Phi) is 7.26. The highest BCUT2D eigenvalue weighted by Crippen LogP contribution is 2.35. The average Bonchev–Trinajstić information content (AvgIpc) is 2.50. The van der Waals surface area contributed by atoms with Gasteiger partial charge < -0.3 is 19.9 Å². The Morgan fingerprint density at radius 3 is 2.18 bits per heavy atom. The summed E-state index contributed by atoms with van der Waals surface area (Å²) in [6.45, 7) is 5.01. The van der Waals surface area contributed by atoms with E-state index in [1.165, 1.54) is 0 Å². The summed E-state index contributed by atoms with van der Waals surface area (Å²) in [5.41, 5.74) is 7.15. The fourth-order valence-corrected chi connectivity index (χ4v) is 2.85. The van der Waals surface area contributed by atoms with Crippen molar-refractivity contribution in [2.45, 2.75) is 25.9 Å². The van der Waals surface area contributed by atoms with E-state index in [4.69, 9.17) is 19.9 Å². The van der Waals surface area contributed by atoms with Crippen molar-refractivity contribution in [2.75, 3.05) is 34.4 Å². The molecule has 0 radical (unpaired) electrons. The Labute approximate surface area is 139 Å². The van der Waals surface area contributed by atoms with Crippen LogP contribution in [-0.4, -0.2) is 45.4 Å². The number of nitrogens with two attached hydrogens (primary N) is 1. The third-order valence-electron chi connectivity index (χ3n) is 4.25. The molecule has 0 aromatic heterocycles. The molecule has 1 heterocycles. The molecule has 1 aromatic carbocycles. The number of likely N-dealkylation sites (tertiary alicyclic amines) is 1. The lowest BCUT2D eigenvalue weighted by molar-refractivity contribution is 0.155. The van der Waals surface area contributed by atoms with Crippen molar-refractivity contribution in [3.8, 4) is 17.2 Å². The minimum absolute atomic E-state index is 0. The highest BCUT2D eigenvalue weighted by atomic mass is 35.5. The summed E-state index contributed by atoms with van der Waals surface area (Å²) in [7, 11) is 4.99. The number of benzene rings is 1. The van der Waals surface area contributed by atoms with E-state index in [-0.39, 0.29) is 12.4 Å². The zero-order chi connectivity index (χ0) is 15.4. The molecule has 2 rings (SSSR count). The van der Waals surface area contributed by atoms with E-state index in [1.54, 1.807) is 21.3 Å². The summed E-state index contributed by atoms with van der Waals surface area (Å²) in [6.07, 6.45) is 1.03. The van der Waals surface area contributed by atoms with Gasteiger partial charge in [-0.3, -0.25) is 4.90 Å². The molecule has 1 fully saturated rings. The molecule has 0 saturated carbocycles. The Morgan fingerprint density at radius 1 is 1.14 bits per heavy atom. The maximum absolute atomic E-state index is 6.09. The lowest BCUT2D eigenvalue weighted by atomic mass is 9.94. The van der Waals surface area contributed by atoms with Crippen molar-refractivity contribution in [2.24, 2.45) is 11.7 Å². The van der Waals surface area contributed by atoms with E-state index in [2.05, 4.69) is 11.8 Å². The number of ether oxygens (including phenoxy) is 3. The summed E-state index contributed by atoms with van der Waals surface area (Å²) in [5, 5.41) is 0. The third-order valence-corrected chi connectivity index (χ3v) is 4.25. The molecule has 0 amide bonds. The van der Waals surface area contributed by atoms with Gasteiger partial charge in [0.15, 0.2) is 0 Å². The summed E-state index contributed by atoms with van der Waals surface area (Å²) in [5.74, 6) is 2.85. The second-order valence-electron chi connectivity index (χ2n) is 5.68. The maximum atomic E-state index is 6.09. The fourth-order valence-electron chi connectivity index (χ4n) is 2.85. The number of rotatable bonds is 5. The average molecular weight is 331 g/mol. The van der Waals surface area contributed by atoms with Crippen molar-refractivity contribution >= 4 is 12.4 Å². The Balaban J connectivity index is 0.00000242. The van der Waals surface area contributed by atoms with Crippen LogP contribution in [0.1, 0.15) is 18.9 Å². The zero-order valence-electron chi connectivity index (χ0n) is 13.8. The molecule has 2 N–H and O–H groups in total. The highest BCUT2D eigenvalue weighted by molar-refractivity contribution is 5.85. The number of piperidine rings is 1. The van der Waals surface area contributed by atoms with E-state index in [0.29, 0.717) is 12.0 Å². The molecular weight excluding hydrogens is 304 g/mol. The molecule has 5 nitrogen and oxygen atoms in total. The smallest absolute Gasteiger partial charge is 0.130 e. The van der Waals surface area contributed by atoms with Crippen LogP contribution in [0.3, 0.4) is 0 Å². The number of hydrogen-bond acceptors (Lipinski definition) is 5. The predicted octanol–water partition coefficient (Wildman–Crippen LogP) is 2.30. The molecule has 1 aromatic rings. The van der Waals surface area contributed by atoms with Gasteiger partial charge >= 0.3 is 0 Å². The fraction of sp³-hybridized carbons (Fsp3) is 0.625. The van der Waals surface area contributed by atoms with Crippen molar-refractivity contribution in [3.05, 3.63) is 17.7 Å². The van der Waals surface area contributed by atoms with Gasteiger partial charge in [0.1, 0.15) is 17.2 Å². The van der Waals surface area contributed by atoms with Crippen molar-refractivity contribution in [3.63, 3.8) is 0 Å². The molecule has 22 heavy (non-hydrogen) atoms. The van der Waals surface area contributed by atoms with Gasteiger partial charge in [-0.1, -0.05) is 6.92 Å². The molecule has 0 aliphatic carbocycles. The first-order chi connectivity index (χ1) is 10.1. The molecule has 1 saturated heterocycles. The van der Waals surface area contributed by atoms with Gasteiger partial charge in [-0.05, 0) is 18.9 Å². The molecule has 126 valence electrons. The van der Waals surface area contributed by atoms with Crippen LogP contribution in [0.15, 0.2) is 12.1 Å². The van der Waals surface area contributed by atoms with Gasteiger partial charge in [-0.15, -0.1) is 12.4 Å². The van der Waals surface area contributed by atoms with Crippen LogP contribution in [0.25, 0.3) is 0 Å². The van der Waals surface area contributed by atoms with Gasteiger partial charge in [0.25, 0.3) is 0 Å². The number of methoxy groups -OCH3 is 3. The summed E-state index contributed by atoms with van der Waals surface area (Å²) >= 11 is 0. The summed E-state index contributed by atoms with van der Waals surface area (Å²) in [4.78, 5) is 2.40.